The van der Waals surface area contributed by atoms with Gasteiger partial charge in [0.25, 0.3) is 0 Å². The molecule has 1 aromatic carbocycles. The second-order valence-corrected chi connectivity index (χ2v) is 4.37. The van der Waals surface area contributed by atoms with E-state index in [0.717, 1.165) is 10.0 Å². The first-order valence-corrected chi connectivity index (χ1v) is 5.60. The van der Waals surface area contributed by atoms with Crippen molar-refractivity contribution in [2.45, 2.75) is 13.3 Å². The number of carbonyl (C=O) groups is 1. The molecule has 0 heterocycles. The lowest BCUT2D eigenvalue weighted by molar-refractivity contribution is -0.140. The molecule has 0 amide bonds. The van der Waals surface area contributed by atoms with E-state index < -0.39 is 5.97 Å². The molecule has 1 rings (SSSR count). The fourth-order valence-electron chi connectivity index (χ4n) is 1.03. The van der Waals surface area contributed by atoms with Gasteiger partial charge in [0, 0.05) is 22.8 Å². The molecule has 0 fully saturated rings. The van der Waals surface area contributed by atoms with Crippen molar-refractivity contribution < 1.29 is 9.63 Å². The molecule has 0 aliphatic heterocycles. The second-order valence-electron chi connectivity index (χ2n) is 3.08. The summed E-state index contributed by atoms with van der Waals surface area (Å²) in [6.07, 6.45) is 0.356. The molecular formula is C10H10BrClN2O2. The number of hydrogen-bond acceptors (Lipinski definition) is 3. The van der Waals surface area contributed by atoms with Gasteiger partial charge in [-0.05, 0) is 23.8 Å². The lowest BCUT2D eigenvalue weighted by atomic mass is 10.1. The van der Waals surface area contributed by atoms with Crippen LogP contribution in [0.4, 0.5) is 0 Å². The standard InChI is InChI=1S/C10H10BrClN2O2/c1-6(15)16-14-10(13)5-7-4-8(12)2-3-9(7)11/h2-4H,5H2,1H3,(H2,13,14). The first-order valence-electron chi connectivity index (χ1n) is 4.43. The Morgan fingerprint density at radius 1 is 1.62 bits per heavy atom. The Kier molecular flexibility index (Phi) is 4.76. The Balaban J connectivity index is 2.76. The van der Waals surface area contributed by atoms with E-state index in [4.69, 9.17) is 17.3 Å². The first kappa shape index (κ1) is 13.0. The van der Waals surface area contributed by atoms with E-state index in [1.54, 1.807) is 12.1 Å². The van der Waals surface area contributed by atoms with E-state index in [2.05, 4.69) is 25.9 Å². The summed E-state index contributed by atoms with van der Waals surface area (Å²) in [6.45, 7) is 1.26. The number of halogens is 2. The average molecular weight is 306 g/mol. The van der Waals surface area contributed by atoms with Gasteiger partial charge in [-0.1, -0.05) is 32.7 Å². The molecule has 0 unspecified atom stereocenters. The number of benzene rings is 1. The largest absolute Gasteiger partial charge is 0.384 e. The van der Waals surface area contributed by atoms with E-state index in [0.29, 0.717) is 11.4 Å². The molecule has 0 aromatic heterocycles. The lowest BCUT2D eigenvalue weighted by Gasteiger charge is -2.04. The number of nitrogens with zero attached hydrogens (tertiary/aromatic N) is 1. The minimum absolute atomic E-state index is 0.207. The fourth-order valence-corrected chi connectivity index (χ4v) is 1.61. The van der Waals surface area contributed by atoms with Crippen molar-refractivity contribution in [3.05, 3.63) is 33.3 Å². The van der Waals surface area contributed by atoms with Crippen LogP contribution < -0.4 is 5.73 Å². The normalized spacial score (nSPS) is 11.3. The summed E-state index contributed by atoms with van der Waals surface area (Å²) in [5.74, 6) is -0.300. The molecule has 0 spiro atoms. The highest BCUT2D eigenvalue weighted by atomic mass is 79.9. The van der Waals surface area contributed by atoms with Gasteiger partial charge in [0.1, 0.15) is 5.84 Å². The van der Waals surface area contributed by atoms with Gasteiger partial charge in [0.15, 0.2) is 0 Å². The Labute approximate surface area is 107 Å². The molecule has 1 aromatic rings. The Bertz CT molecular complexity index is 435. The van der Waals surface area contributed by atoms with Crippen molar-refractivity contribution in [3.8, 4) is 0 Å². The zero-order chi connectivity index (χ0) is 12.1. The number of rotatable bonds is 3. The van der Waals surface area contributed by atoms with Gasteiger partial charge in [-0.3, -0.25) is 0 Å². The van der Waals surface area contributed by atoms with Gasteiger partial charge in [0.2, 0.25) is 0 Å². The molecule has 4 nitrogen and oxygen atoms in total. The smallest absolute Gasteiger partial charge is 0.332 e. The zero-order valence-electron chi connectivity index (χ0n) is 8.54. The van der Waals surface area contributed by atoms with Crippen molar-refractivity contribution >= 4 is 39.3 Å². The molecule has 0 saturated carbocycles. The lowest BCUT2D eigenvalue weighted by Crippen LogP contribution is -2.16. The molecule has 0 radical (unpaired) electrons. The summed E-state index contributed by atoms with van der Waals surface area (Å²) in [6, 6.07) is 5.34. The Morgan fingerprint density at radius 3 is 2.94 bits per heavy atom. The monoisotopic (exact) mass is 304 g/mol. The summed E-state index contributed by atoms with van der Waals surface area (Å²) in [7, 11) is 0. The zero-order valence-corrected chi connectivity index (χ0v) is 10.9. The molecule has 0 aliphatic rings. The molecule has 16 heavy (non-hydrogen) atoms. The van der Waals surface area contributed by atoms with Gasteiger partial charge in [-0.2, -0.15) is 0 Å². The van der Waals surface area contributed by atoms with Crippen LogP contribution in [-0.2, 0) is 16.1 Å². The highest BCUT2D eigenvalue weighted by Crippen LogP contribution is 2.21. The van der Waals surface area contributed by atoms with Crippen LogP contribution in [0.1, 0.15) is 12.5 Å². The van der Waals surface area contributed by atoms with Crippen molar-refractivity contribution in [2.75, 3.05) is 0 Å². The second kappa shape index (κ2) is 5.86. The van der Waals surface area contributed by atoms with Crippen LogP contribution >= 0.6 is 27.5 Å². The summed E-state index contributed by atoms with van der Waals surface area (Å²) < 4.78 is 0.873. The number of oxime groups is 1. The van der Waals surface area contributed by atoms with Gasteiger partial charge < -0.3 is 10.6 Å². The maximum Gasteiger partial charge on any atom is 0.332 e. The van der Waals surface area contributed by atoms with Gasteiger partial charge >= 0.3 is 5.97 Å². The van der Waals surface area contributed by atoms with E-state index in [1.165, 1.54) is 6.92 Å². The summed E-state index contributed by atoms with van der Waals surface area (Å²) in [5.41, 5.74) is 6.46. The van der Waals surface area contributed by atoms with Crippen molar-refractivity contribution in [1.82, 2.24) is 0 Å². The SMILES string of the molecule is CC(=O)O/N=C(\N)Cc1cc(Cl)ccc1Br. The van der Waals surface area contributed by atoms with Crippen LogP contribution in [0.15, 0.2) is 27.8 Å². The van der Waals surface area contributed by atoms with Crippen LogP contribution in [0.2, 0.25) is 5.02 Å². The maximum absolute atomic E-state index is 10.5. The van der Waals surface area contributed by atoms with Crippen LogP contribution in [0, 0.1) is 0 Å². The minimum Gasteiger partial charge on any atom is -0.384 e. The average Bonchev–Trinajstić information content (AvgIpc) is 2.20. The van der Waals surface area contributed by atoms with Gasteiger partial charge in [-0.25, -0.2) is 4.79 Å². The van der Waals surface area contributed by atoms with Gasteiger partial charge in [0.05, 0.1) is 0 Å². The van der Waals surface area contributed by atoms with Crippen molar-refractivity contribution in [1.29, 1.82) is 0 Å². The predicted molar refractivity (Wildman–Crippen MR) is 66.2 cm³/mol. The summed E-state index contributed by atoms with van der Waals surface area (Å²) >= 11 is 9.20. The molecule has 6 heteroatoms. The van der Waals surface area contributed by atoms with Crippen LogP contribution in [0.3, 0.4) is 0 Å². The molecular weight excluding hydrogens is 295 g/mol. The van der Waals surface area contributed by atoms with E-state index in [1.807, 2.05) is 6.07 Å². The van der Waals surface area contributed by atoms with Crippen molar-refractivity contribution in [3.63, 3.8) is 0 Å². The highest BCUT2D eigenvalue weighted by molar-refractivity contribution is 9.10. The molecule has 86 valence electrons. The quantitative estimate of drug-likeness (QED) is 0.404. The molecule has 0 bridgehead atoms. The third-order valence-electron chi connectivity index (χ3n) is 1.67. The third kappa shape index (κ3) is 4.20. The Morgan fingerprint density at radius 2 is 2.31 bits per heavy atom. The number of amidine groups is 1. The molecule has 0 atom stereocenters. The summed E-state index contributed by atoms with van der Waals surface area (Å²) in [5, 5.41) is 4.08. The molecule has 0 aliphatic carbocycles. The highest BCUT2D eigenvalue weighted by Gasteiger charge is 2.04. The molecule has 2 N–H and O–H groups in total. The number of carbonyl (C=O) groups excluding carboxylic acids is 1. The van der Waals surface area contributed by atoms with Crippen molar-refractivity contribution in [2.24, 2.45) is 10.9 Å². The minimum atomic E-state index is -0.506. The topological polar surface area (TPSA) is 64.7 Å². The van der Waals surface area contributed by atoms with Crippen LogP contribution in [0.25, 0.3) is 0 Å². The van der Waals surface area contributed by atoms with Crippen LogP contribution in [0.5, 0.6) is 0 Å². The first-order chi connectivity index (χ1) is 7.49. The number of hydrogen-bond donors (Lipinski definition) is 1. The van der Waals surface area contributed by atoms with E-state index in [-0.39, 0.29) is 5.84 Å². The van der Waals surface area contributed by atoms with Gasteiger partial charge in [-0.15, -0.1) is 0 Å². The fraction of sp³-hybridized carbons (Fsp3) is 0.200. The van der Waals surface area contributed by atoms with Crippen LogP contribution in [-0.4, -0.2) is 11.8 Å². The maximum atomic E-state index is 10.5. The third-order valence-corrected chi connectivity index (χ3v) is 2.68. The number of nitrogens with two attached hydrogens (primary N) is 1. The van der Waals surface area contributed by atoms with E-state index in [9.17, 15) is 4.79 Å². The molecule has 0 saturated heterocycles. The van der Waals surface area contributed by atoms with E-state index >= 15 is 0 Å². The predicted octanol–water partition coefficient (Wildman–Crippen LogP) is 2.48. The summed E-state index contributed by atoms with van der Waals surface area (Å²) in [4.78, 5) is 14.9. The Hall–Kier alpha value is -1.07.